The van der Waals surface area contributed by atoms with Gasteiger partial charge in [-0.25, -0.2) is 0 Å². The van der Waals surface area contributed by atoms with Crippen LogP contribution in [0.3, 0.4) is 0 Å². The monoisotopic (exact) mass is 420 g/mol. The van der Waals surface area contributed by atoms with Crippen molar-refractivity contribution in [3.05, 3.63) is 70.9 Å². The highest BCUT2D eigenvalue weighted by atomic mass is 16.5. The molecule has 2 aromatic rings. The highest BCUT2D eigenvalue weighted by Gasteiger charge is 2.43. The maximum Gasteiger partial charge on any atom is 0.278 e. The largest absolute Gasteiger partial charge is 0.496 e. The zero-order valence-electron chi connectivity index (χ0n) is 18.4. The maximum absolute atomic E-state index is 13.6. The number of nitrogens with zero attached hydrogens (tertiary/aromatic N) is 2. The lowest BCUT2D eigenvalue weighted by Gasteiger charge is -2.37. The van der Waals surface area contributed by atoms with E-state index in [1.54, 1.807) is 7.11 Å². The molecule has 162 valence electrons. The summed E-state index contributed by atoms with van der Waals surface area (Å²) < 4.78 is 11.4. The molecule has 0 N–H and O–H groups in total. The number of morpholine rings is 1. The number of methoxy groups -OCH3 is 1. The lowest BCUT2D eigenvalue weighted by Crippen LogP contribution is -2.46. The summed E-state index contributed by atoms with van der Waals surface area (Å²) in [7, 11) is 1.57. The molecule has 2 aliphatic heterocycles. The molecule has 0 spiro atoms. The van der Waals surface area contributed by atoms with Crippen molar-refractivity contribution in [3.8, 4) is 5.75 Å². The first kappa shape index (κ1) is 21.1. The van der Waals surface area contributed by atoms with E-state index < -0.39 is 0 Å². The molecule has 6 heteroatoms. The van der Waals surface area contributed by atoms with E-state index >= 15 is 0 Å². The molecule has 1 saturated heterocycles. The van der Waals surface area contributed by atoms with Gasteiger partial charge in [-0.2, -0.15) is 0 Å². The van der Waals surface area contributed by atoms with Crippen LogP contribution in [0.5, 0.6) is 5.75 Å². The van der Waals surface area contributed by atoms with Crippen LogP contribution in [0.4, 0.5) is 0 Å². The van der Waals surface area contributed by atoms with Crippen LogP contribution in [0.15, 0.2) is 54.2 Å². The van der Waals surface area contributed by atoms with Crippen LogP contribution < -0.4 is 4.74 Å². The molecular weight excluding hydrogens is 392 g/mol. The first-order valence-corrected chi connectivity index (χ1v) is 10.6. The second kappa shape index (κ2) is 8.55. The average Bonchev–Trinajstić information content (AvgIpc) is 2.99. The number of carbonyl (C=O) groups is 2. The number of hydrogen-bond donors (Lipinski definition) is 0. The predicted octanol–water partition coefficient (Wildman–Crippen LogP) is 3.39. The molecule has 0 saturated carbocycles. The van der Waals surface area contributed by atoms with E-state index in [9.17, 15) is 9.59 Å². The zero-order valence-corrected chi connectivity index (χ0v) is 18.4. The van der Waals surface area contributed by atoms with E-state index in [1.165, 1.54) is 4.90 Å². The minimum atomic E-state index is -0.295. The summed E-state index contributed by atoms with van der Waals surface area (Å²) >= 11 is 0. The van der Waals surface area contributed by atoms with Crippen molar-refractivity contribution in [1.82, 2.24) is 9.80 Å². The average molecular weight is 421 g/mol. The number of rotatable bonds is 5. The van der Waals surface area contributed by atoms with Crippen LogP contribution in [0.25, 0.3) is 5.57 Å². The number of ether oxygens (including phenoxy) is 2. The second-order valence-corrected chi connectivity index (χ2v) is 8.27. The molecule has 0 radical (unpaired) electrons. The van der Waals surface area contributed by atoms with Crippen molar-refractivity contribution in [3.63, 3.8) is 0 Å². The Hall–Kier alpha value is -3.12. The molecular formula is C25H28N2O4. The molecule has 6 nitrogen and oxygen atoms in total. The first-order chi connectivity index (χ1) is 14.9. The fourth-order valence-corrected chi connectivity index (χ4v) is 4.33. The second-order valence-electron chi connectivity index (χ2n) is 8.27. The van der Waals surface area contributed by atoms with Gasteiger partial charge in [-0.1, -0.05) is 48.0 Å². The molecule has 2 heterocycles. The van der Waals surface area contributed by atoms with Gasteiger partial charge < -0.3 is 14.4 Å². The minimum Gasteiger partial charge on any atom is -0.496 e. The molecule has 0 aromatic heterocycles. The predicted molar refractivity (Wildman–Crippen MR) is 118 cm³/mol. The van der Waals surface area contributed by atoms with Crippen LogP contribution in [-0.2, 0) is 20.9 Å². The SMILES string of the molecule is COc1ccccc1C1=C(N2CC(C)OC(C)C2)C(=O)N(Cc2ccc(C)cc2)C1=O. The van der Waals surface area contributed by atoms with Gasteiger partial charge in [-0.05, 0) is 32.4 Å². The molecule has 1 fully saturated rings. The third-order valence-electron chi connectivity index (χ3n) is 5.72. The van der Waals surface area contributed by atoms with Crippen LogP contribution in [0.2, 0.25) is 0 Å². The number of imide groups is 1. The van der Waals surface area contributed by atoms with Crippen LogP contribution in [0.1, 0.15) is 30.5 Å². The minimum absolute atomic E-state index is 0.0378. The Bertz CT molecular complexity index is 1020. The molecule has 2 amide bonds. The molecule has 31 heavy (non-hydrogen) atoms. The fourth-order valence-electron chi connectivity index (χ4n) is 4.33. The van der Waals surface area contributed by atoms with E-state index in [1.807, 2.05) is 74.2 Å². The summed E-state index contributed by atoms with van der Waals surface area (Å²) in [5.41, 5.74) is 3.51. The van der Waals surface area contributed by atoms with Gasteiger partial charge in [0.05, 0.1) is 31.4 Å². The summed E-state index contributed by atoms with van der Waals surface area (Å²) in [5.74, 6) is 0.00680. The lowest BCUT2D eigenvalue weighted by atomic mass is 10.0. The Morgan fingerprint density at radius 2 is 1.61 bits per heavy atom. The topological polar surface area (TPSA) is 59.1 Å². The molecule has 2 atom stereocenters. The van der Waals surface area contributed by atoms with Gasteiger partial charge in [0.1, 0.15) is 11.4 Å². The Labute approximate surface area is 183 Å². The highest BCUT2D eigenvalue weighted by Crippen LogP contribution is 2.37. The molecule has 4 rings (SSSR count). The van der Waals surface area contributed by atoms with Gasteiger partial charge in [-0.15, -0.1) is 0 Å². The van der Waals surface area contributed by atoms with Gasteiger partial charge in [0.15, 0.2) is 0 Å². The molecule has 2 aromatic carbocycles. The van der Waals surface area contributed by atoms with E-state index in [-0.39, 0.29) is 30.6 Å². The summed E-state index contributed by atoms with van der Waals surface area (Å²) in [4.78, 5) is 30.5. The quantitative estimate of drug-likeness (QED) is 0.694. The van der Waals surface area contributed by atoms with E-state index in [4.69, 9.17) is 9.47 Å². The summed E-state index contributed by atoms with van der Waals surface area (Å²) in [6.07, 6.45) is -0.0755. The van der Waals surface area contributed by atoms with Crippen molar-refractivity contribution in [1.29, 1.82) is 0 Å². The Morgan fingerprint density at radius 3 is 2.26 bits per heavy atom. The van der Waals surface area contributed by atoms with Crippen LogP contribution >= 0.6 is 0 Å². The van der Waals surface area contributed by atoms with Gasteiger partial charge in [-0.3, -0.25) is 14.5 Å². The smallest absolute Gasteiger partial charge is 0.278 e. The number of para-hydroxylation sites is 1. The summed E-state index contributed by atoms with van der Waals surface area (Å²) in [6.45, 7) is 7.31. The van der Waals surface area contributed by atoms with E-state index in [2.05, 4.69) is 0 Å². The van der Waals surface area contributed by atoms with Crippen molar-refractivity contribution in [2.45, 2.75) is 39.5 Å². The highest BCUT2D eigenvalue weighted by molar-refractivity contribution is 6.35. The number of aryl methyl sites for hydroxylation is 1. The molecule has 2 aliphatic rings. The number of carbonyl (C=O) groups excluding carboxylic acids is 2. The molecule has 0 aliphatic carbocycles. The molecule has 2 unspecified atom stereocenters. The van der Waals surface area contributed by atoms with E-state index in [0.717, 1.165) is 11.1 Å². The maximum atomic E-state index is 13.6. The summed E-state index contributed by atoms with van der Waals surface area (Å²) in [6, 6.07) is 15.2. The van der Waals surface area contributed by atoms with Gasteiger partial charge in [0, 0.05) is 18.7 Å². The Balaban J connectivity index is 1.78. The first-order valence-electron chi connectivity index (χ1n) is 10.6. The zero-order chi connectivity index (χ0) is 22.1. The summed E-state index contributed by atoms with van der Waals surface area (Å²) in [5, 5.41) is 0. The Kier molecular flexibility index (Phi) is 5.83. The standard InChI is InChI=1S/C25H28N2O4/c1-16-9-11-19(12-10-16)15-27-24(28)22(20-7-5-6-8-21(20)30-4)23(25(27)29)26-13-17(2)31-18(3)14-26/h5-12,17-18H,13-15H2,1-4H3. The normalized spacial score (nSPS) is 21.8. The van der Waals surface area contributed by atoms with Gasteiger partial charge in [0.25, 0.3) is 11.8 Å². The lowest BCUT2D eigenvalue weighted by molar-refractivity contribution is -0.139. The third-order valence-corrected chi connectivity index (χ3v) is 5.72. The number of hydrogen-bond acceptors (Lipinski definition) is 5. The Morgan fingerprint density at radius 1 is 0.968 bits per heavy atom. The van der Waals surface area contributed by atoms with Crippen molar-refractivity contribution < 1.29 is 19.1 Å². The van der Waals surface area contributed by atoms with Gasteiger partial charge in [0.2, 0.25) is 0 Å². The van der Waals surface area contributed by atoms with Crippen molar-refractivity contribution in [2.24, 2.45) is 0 Å². The molecule has 0 bridgehead atoms. The van der Waals surface area contributed by atoms with E-state index in [0.29, 0.717) is 35.7 Å². The number of amides is 2. The fraction of sp³-hybridized carbons (Fsp3) is 0.360. The van der Waals surface area contributed by atoms with Crippen LogP contribution in [0, 0.1) is 6.92 Å². The van der Waals surface area contributed by atoms with Gasteiger partial charge >= 0.3 is 0 Å². The van der Waals surface area contributed by atoms with Crippen LogP contribution in [-0.4, -0.2) is 54.0 Å². The third kappa shape index (κ3) is 4.08. The van der Waals surface area contributed by atoms with Crippen molar-refractivity contribution >= 4 is 17.4 Å². The van der Waals surface area contributed by atoms with Crippen molar-refractivity contribution in [2.75, 3.05) is 20.2 Å². The number of benzene rings is 2.